The zero-order valence-electron chi connectivity index (χ0n) is 9.47. The lowest BCUT2D eigenvalue weighted by Gasteiger charge is -2.11. The Hall–Kier alpha value is -1.77. The number of carboxylic acids is 1. The highest BCUT2D eigenvalue weighted by molar-refractivity contribution is 5.84. The lowest BCUT2D eigenvalue weighted by molar-refractivity contribution is -0.297. The summed E-state index contributed by atoms with van der Waals surface area (Å²) < 4.78 is 5.57. The standard InChI is InChI=1S/C13H16O3/c1-10(2)9-16-12-6-4-3-5-11(12)7-8-13(14)15/h3-8,10H,9H2,1-2H3,(H,14,15)/p-1/b8-7+. The number of rotatable bonds is 5. The summed E-state index contributed by atoms with van der Waals surface area (Å²) in [5, 5.41) is 10.3. The van der Waals surface area contributed by atoms with E-state index >= 15 is 0 Å². The normalized spacial score (nSPS) is 10.9. The molecular weight excluding hydrogens is 204 g/mol. The van der Waals surface area contributed by atoms with Crippen LogP contribution in [0.3, 0.4) is 0 Å². The second kappa shape index (κ2) is 5.95. The molecule has 0 bridgehead atoms. The van der Waals surface area contributed by atoms with Crippen molar-refractivity contribution in [3.8, 4) is 5.75 Å². The van der Waals surface area contributed by atoms with Crippen molar-refractivity contribution >= 4 is 12.0 Å². The molecule has 1 aromatic rings. The van der Waals surface area contributed by atoms with E-state index in [4.69, 9.17) is 4.74 Å². The predicted octanol–water partition coefficient (Wildman–Crippen LogP) is 1.48. The van der Waals surface area contributed by atoms with Crippen LogP contribution in [0.1, 0.15) is 19.4 Å². The van der Waals surface area contributed by atoms with Crippen LogP contribution in [0.2, 0.25) is 0 Å². The lowest BCUT2D eigenvalue weighted by Crippen LogP contribution is -2.18. The van der Waals surface area contributed by atoms with Gasteiger partial charge in [-0.2, -0.15) is 0 Å². The summed E-state index contributed by atoms with van der Waals surface area (Å²) in [6.45, 7) is 4.72. The molecular formula is C13H15O3-. The summed E-state index contributed by atoms with van der Waals surface area (Å²) in [7, 11) is 0. The van der Waals surface area contributed by atoms with Gasteiger partial charge < -0.3 is 14.6 Å². The van der Waals surface area contributed by atoms with Crippen LogP contribution in [0.15, 0.2) is 30.3 Å². The molecule has 0 heterocycles. The van der Waals surface area contributed by atoms with E-state index in [0.29, 0.717) is 18.3 Å². The Labute approximate surface area is 95.4 Å². The molecule has 0 aromatic heterocycles. The van der Waals surface area contributed by atoms with Crippen LogP contribution >= 0.6 is 0 Å². The summed E-state index contributed by atoms with van der Waals surface area (Å²) in [6.07, 6.45) is 2.47. The Morgan fingerprint density at radius 2 is 2.12 bits per heavy atom. The highest BCUT2D eigenvalue weighted by Crippen LogP contribution is 2.19. The third-order valence-electron chi connectivity index (χ3n) is 1.89. The predicted molar refractivity (Wildman–Crippen MR) is 60.8 cm³/mol. The molecule has 0 aliphatic carbocycles. The SMILES string of the molecule is CC(C)COc1ccccc1/C=C/C(=O)[O-]. The van der Waals surface area contributed by atoms with E-state index in [2.05, 4.69) is 13.8 Å². The van der Waals surface area contributed by atoms with Crippen molar-refractivity contribution in [3.63, 3.8) is 0 Å². The van der Waals surface area contributed by atoms with Crippen LogP contribution in [0.5, 0.6) is 5.75 Å². The Morgan fingerprint density at radius 3 is 2.75 bits per heavy atom. The number of carbonyl (C=O) groups excluding carboxylic acids is 1. The second-order valence-electron chi connectivity index (χ2n) is 3.90. The topological polar surface area (TPSA) is 49.4 Å². The van der Waals surface area contributed by atoms with E-state index in [1.54, 1.807) is 6.07 Å². The molecule has 1 rings (SSSR count). The van der Waals surface area contributed by atoms with Gasteiger partial charge in [0.1, 0.15) is 5.75 Å². The van der Waals surface area contributed by atoms with E-state index in [9.17, 15) is 9.90 Å². The van der Waals surface area contributed by atoms with Crippen LogP contribution in [-0.2, 0) is 4.79 Å². The Balaban J connectivity index is 2.79. The van der Waals surface area contributed by atoms with Crippen LogP contribution in [0.4, 0.5) is 0 Å². The zero-order valence-corrected chi connectivity index (χ0v) is 9.47. The van der Waals surface area contributed by atoms with Gasteiger partial charge in [0.05, 0.1) is 12.6 Å². The van der Waals surface area contributed by atoms with Gasteiger partial charge in [-0.1, -0.05) is 32.0 Å². The van der Waals surface area contributed by atoms with Gasteiger partial charge in [-0.3, -0.25) is 0 Å². The molecule has 0 unspecified atom stereocenters. The number of ether oxygens (including phenoxy) is 1. The molecule has 16 heavy (non-hydrogen) atoms. The number of carbonyl (C=O) groups is 1. The van der Waals surface area contributed by atoms with E-state index in [1.165, 1.54) is 6.08 Å². The maximum atomic E-state index is 10.3. The lowest BCUT2D eigenvalue weighted by atomic mass is 10.2. The summed E-state index contributed by atoms with van der Waals surface area (Å²) in [4.78, 5) is 10.3. The molecule has 0 aliphatic heterocycles. The van der Waals surface area contributed by atoms with Gasteiger partial charge in [-0.05, 0) is 24.1 Å². The maximum Gasteiger partial charge on any atom is 0.126 e. The minimum atomic E-state index is -1.21. The molecule has 0 spiro atoms. The fraction of sp³-hybridized carbons (Fsp3) is 0.308. The van der Waals surface area contributed by atoms with Crippen molar-refractivity contribution in [3.05, 3.63) is 35.9 Å². The van der Waals surface area contributed by atoms with Gasteiger partial charge in [0.2, 0.25) is 0 Å². The first kappa shape index (κ1) is 12.3. The Bertz CT molecular complexity index is 381. The Kier molecular flexibility index (Phi) is 4.58. The maximum absolute atomic E-state index is 10.3. The average molecular weight is 219 g/mol. The van der Waals surface area contributed by atoms with Gasteiger partial charge in [0.15, 0.2) is 0 Å². The minimum Gasteiger partial charge on any atom is -0.545 e. The van der Waals surface area contributed by atoms with Gasteiger partial charge in [-0.25, -0.2) is 0 Å². The molecule has 86 valence electrons. The fourth-order valence-electron chi connectivity index (χ4n) is 1.16. The molecule has 3 heteroatoms. The van der Waals surface area contributed by atoms with E-state index < -0.39 is 5.97 Å². The number of benzene rings is 1. The molecule has 1 aromatic carbocycles. The first-order chi connectivity index (χ1) is 7.59. The van der Waals surface area contributed by atoms with E-state index in [-0.39, 0.29) is 0 Å². The van der Waals surface area contributed by atoms with Crippen molar-refractivity contribution in [1.82, 2.24) is 0 Å². The van der Waals surface area contributed by atoms with Crippen molar-refractivity contribution < 1.29 is 14.6 Å². The van der Waals surface area contributed by atoms with Gasteiger partial charge in [-0.15, -0.1) is 0 Å². The molecule has 0 aliphatic rings. The molecule has 0 amide bonds. The number of para-hydroxylation sites is 1. The minimum absolute atomic E-state index is 0.429. The highest BCUT2D eigenvalue weighted by atomic mass is 16.5. The summed E-state index contributed by atoms with van der Waals surface area (Å²) in [6, 6.07) is 7.30. The summed E-state index contributed by atoms with van der Waals surface area (Å²) in [5.41, 5.74) is 0.743. The first-order valence-electron chi connectivity index (χ1n) is 5.20. The average Bonchev–Trinajstić information content (AvgIpc) is 2.24. The number of aliphatic carboxylic acids is 1. The molecule has 0 fully saturated rings. The van der Waals surface area contributed by atoms with Crippen LogP contribution < -0.4 is 9.84 Å². The second-order valence-corrected chi connectivity index (χ2v) is 3.90. The number of hydrogen-bond donors (Lipinski definition) is 0. The molecule has 0 saturated carbocycles. The zero-order chi connectivity index (χ0) is 12.0. The van der Waals surface area contributed by atoms with Crippen LogP contribution in [-0.4, -0.2) is 12.6 Å². The molecule has 3 nitrogen and oxygen atoms in total. The van der Waals surface area contributed by atoms with Crippen molar-refractivity contribution in [1.29, 1.82) is 0 Å². The van der Waals surface area contributed by atoms with Crippen molar-refractivity contribution in [2.45, 2.75) is 13.8 Å². The quantitative estimate of drug-likeness (QED) is 0.705. The molecule has 0 radical (unpaired) electrons. The number of hydrogen-bond acceptors (Lipinski definition) is 3. The molecule has 0 N–H and O–H groups in total. The van der Waals surface area contributed by atoms with Crippen molar-refractivity contribution in [2.75, 3.05) is 6.61 Å². The van der Waals surface area contributed by atoms with E-state index in [0.717, 1.165) is 11.6 Å². The molecule has 0 atom stereocenters. The summed E-state index contributed by atoms with van der Waals surface area (Å²) >= 11 is 0. The Morgan fingerprint density at radius 1 is 1.44 bits per heavy atom. The highest BCUT2D eigenvalue weighted by Gasteiger charge is 2.00. The number of carboxylic acid groups (broad SMARTS) is 1. The third-order valence-corrected chi connectivity index (χ3v) is 1.89. The fourth-order valence-corrected chi connectivity index (χ4v) is 1.16. The van der Waals surface area contributed by atoms with Crippen LogP contribution in [0.25, 0.3) is 6.08 Å². The van der Waals surface area contributed by atoms with Gasteiger partial charge >= 0.3 is 0 Å². The van der Waals surface area contributed by atoms with Gasteiger partial charge in [0.25, 0.3) is 0 Å². The smallest absolute Gasteiger partial charge is 0.126 e. The molecule has 0 saturated heterocycles. The largest absolute Gasteiger partial charge is 0.545 e. The van der Waals surface area contributed by atoms with Crippen molar-refractivity contribution in [2.24, 2.45) is 5.92 Å². The van der Waals surface area contributed by atoms with E-state index in [1.807, 2.05) is 18.2 Å². The summed E-state index contributed by atoms with van der Waals surface area (Å²) in [5.74, 6) is -0.0921. The van der Waals surface area contributed by atoms with Gasteiger partial charge in [0, 0.05) is 5.56 Å². The first-order valence-corrected chi connectivity index (χ1v) is 5.20. The monoisotopic (exact) mass is 219 g/mol. The third kappa shape index (κ3) is 4.17. The van der Waals surface area contributed by atoms with Crippen LogP contribution in [0, 0.1) is 5.92 Å².